The summed E-state index contributed by atoms with van der Waals surface area (Å²) in [5.41, 5.74) is -1.84. The molecule has 0 spiro atoms. The smallest absolute Gasteiger partial charge is 0.326 e. The second-order valence-electron chi connectivity index (χ2n) is 4.95. The second kappa shape index (κ2) is 7.29. The Kier molecular flexibility index (Phi) is 5.35. The summed E-state index contributed by atoms with van der Waals surface area (Å²) in [6.45, 7) is 0. The van der Waals surface area contributed by atoms with E-state index in [4.69, 9.17) is 0 Å². The predicted octanol–water partition coefficient (Wildman–Crippen LogP) is 3.95. The van der Waals surface area contributed by atoms with Gasteiger partial charge >= 0.3 is 6.18 Å². The SMILES string of the molecule is O=C(CC(=O)Nc1c(F)cccc1F)Nc1cccc(C(F)(F)F)c1. The first-order valence-corrected chi connectivity index (χ1v) is 6.88. The molecule has 2 N–H and O–H groups in total. The zero-order valence-corrected chi connectivity index (χ0v) is 12.5. The van der Waals surface area contributed by atoms with Crippen LogP contribution in [-0.4, -0.2) is 11.8 Å². The van der Waals surface area contributed by atoms with Gasteiger partial charge in [0.2, 0.25) is 11.8 Å². The molecule has 0 aliphatic heterocycles. The standard InChI is InChI=1S/C16H11F5N2O2/c17-11-5-2-6-12(18)15(11)23-14(25)8-13(24)22-10-4-1-3-9(7-10)16(19,20)21/h1-7H,8H2,(H,22,24)(H,23,25). The van der Waals surface area contributed by atoms with Crippen LogP contribution in [0.25, 0.3) is 0 Å². The minimum atomic E-state index is -4.58. The van der Waals surface area contributed by atoms with Gasteiger partial charge in [-0.3, -0.25) is 9.59 Å². The highest BCUT2D eigenvalue weighted by Gasteiger charge is 2.30. The third-order valence-corrected chi connectivity index (χ3v) is 3.02. The molecule has 2 aromatic carbocycles. The fraction of sp³-hybridized carbons (Fsp3) is 0.125. The second-order valence-corrected chi connectivity index (χ2v) is 4.95. The van der Waals surface area contributed by atoms with E-state index in [0.717, 1.165) is 30.3 Å². The molecule has 0 aliphatic carbocycles. The zero-order chi connectivity index (χ0) is 18.6. The number of benzene rings is 2. The maximum atomic E-state index is 13.4. The molecule has 9 heteroatoms. The number of anilines is 2. The maximum Gasteiger partial charge on any atom is 0.416 e. The first-order chi connectivity index (χ1) is 11.7. The highest BCUT2D eigenvalue weighted by Crippen LogP contribution is 2.30. The van der Waals surface area contributed by atoms with E-state index in [2.05, 4.69) is 5.32 Å². The van der Waals surface area contributed by atoms with Gasteiger partial charge < -0.3 is 10.6 Å². The van der Waals surface area contributed by atoms with Crippen molar-refractivity contribution in [1.29, 1.82) is 0 Å². The van der Waals surface area contributed by atoms with E-state index < -0.39 is 47.3 Å². The van der Waals surface area contributed by atoms with Gasteiger partial charge in [0, 0.05) is 5.69 Å². The lowest BCUT2D eigenvalue weighted by Crippen LogP contribution is -2.22. The molecule has 2 amide bonds. The molecule has 25 heavy (non-hydrogen) atoms. The van der Waals surface area contributed by atoms with Gasteiger partial charge in [0.25, 0.3) is 0 Å². The molecule has 0 radical (unpaired) electrons. The van der Waals surface area contributed by atoms with Gasteiger partial charge in [0.05, 0.1) is 5.56 Å². The van der Waals surface area contributed by atoms with Crippen molar-refractivity contribution >= 4 is 23.2 Å². The molecule has 0 bridgehead atoms. The summed E-state index contributed by atoms with van der Waals surface area (Å²) in [7, 11) is 0. The molecule has 0 saturated carbocycles. The number of amides is 2. The van der Waals surface area contributed by atoms with Crippen molar-refractivity contribution in [2.75, 3.05) is 10.6 Å². The number of nitrogens with one attached hydrogen (secondary N) is 2. The lowest BCUT2D eigenvalue weighted by molar-refractivity contribution is -0.137. The lowest BCUT2D eigenvalue weighted by Gasteiger charge is -2.10. The first-order valence-electron chi connectivity index (χ1n) is 6.88. The van der Waals surface area contributed by atoms with Gasteiger partial charge in [-0.2, -0.15) is 13.2 Å². The van der Waals surface area contributed by atoms with Crippen molar-refractivity contribution in [1.82, 2.24) is 0 Å². The van der Waals surface area contributed by atoms with Gasteiger partial charge in [0.1, 0.15) is 23.7 Å². The first kappa shape index (κ1) is 18.4. The predicted molar refractivity (Wildman–Crippen MR) is 79.7 cm³/mol. The average molecular weight is 358 g/mol. The lowest BCUT2D eigenvalue weighted by atomic mass is 10.2. The van der Waals surface area contributed by atoms with Crippen molar-refractivity contribution < 1.29 is 31.5 Å². The van der Waals surface area contributed by atoms with Gasteiger partial charge in [-0.25, -0.2) is 8.78 Å². The molecule has 2 aromatic rings. The number of carbonyl (C=O) groups is 2. The average Bonchev–Trinajstić information content (AvgIpc) is 2.50. The molecule has 0 unspecified atom stereocenters. The van der Waals surface area contributed by atoms with Crippen LogP contribution in [-0.2, 0) is 15.8 Å². The summed E-state index contributed by atoms with van der Waals surface area (Å²) >= 11 is 0. The fourth-order valence-electron chi connectivity index (χ4n) is 1.93. The number of para-hydroxylation sites is 1. The third-order valence-electron chi connectivity index (χ3n) is 3.02. The Morgan fingerprint density at radius 3 is 2.04 bits per heavy atom. The van der Waals surface area contributed by atoms with Crippen LogP contribution in [0, 0.1) is 11.6 Å². The summed E-state index contributed by atoms with van der Waals surface area (Å²) in [5.74, 6) is -4.00. The van der Waals surface area contributed by atoms with E-state index in [0.29, 0.717) is 6.07 Å². The number of carbonyl (C=O) groups excluding carboxylic acids is 2. The minimum absolute atomic E-state index is 0.162. The summed E-state index contributed by atoms with van der Waals surface area (Å²) in [4.78, 5) is 23.4. The van der Waals surface area contributed by atoms with Crippen LogP contribution in [0.15, 0.2) is 42.5 Å². The molecule has 4 nitrogen and oxygen atoms in total. The van der Waals surface area contributed by atoms with Crippen molar-refractivity contribution in [3.8, 4) is 0 Å². The fourth-order valence-corrected chi connectivity index (χ4v) is 1.93. The molecule has 0 saturated heterocycles. The number of hydrogen-bond donors (Lipinski definition) is 2. The van der Waals surface area contributed by atoms with Crippen molar-refractivity contribution in [2.45, 2.75) is 12.6 Å². The number of halogens is 5. The molecular formula is C16H11F5N2O2. The highest BCUT2D eigenvalue weighted by atomic mass is 19.4. The number of hydrogen-bond acceptors (Lipinski definition) is 2. The highest BCUT2D eigenvalue weighted by molar-refractivity contribution is 6.08. The maximum absolute atomic E-state index is 13.4. The minimum Gasteiger partial charge on any atom is -0.326 e. The zero-order valence-electron chi connectivity index (χ0n) is 12.5. The Balaban J connectivity index is 2.00. The van der Waals surface area contributed by atoms with Crippen LogP contribution in [0.3, 0.4) is 0 Å². The topological polar surface area (TPSA) is 58.2 Å². The molecule has 0 heterocycles. The Labute approximate surface area is 138 Å². The van der Waals surface area contributed by atoms with Crippen LogP contribution in [0.2, 0.25) is 0 Å². The molecular weight excluding hydrogens is 347 g/mol. The van der Waals surface area contributed by atoms with E-state index >= 15 is 0 Å². The summed E-state index contributed by atoms with van der Waals surface area (Å²) in [5, 5.41) is 4.01. The Bertz CT molecular complexity index is 785. The Hall–Kier alpha value is -2.97. The monoisotopic (exact) mass is 358 g/mol. The summed E-state index contributed by atoms with van der Waals surface area (Å²) < 4.78 is 64.5. The van der Waals surface area contributed by atoms with Crippen molar-refractivity contribution in [2.24, 2.45) is 0 Å². The Morgan fingerprint density at radius 2 is 1.44 bits per heavy atom. The summed E-state index contributed by atoms with van der Waals surface area (Å²) in [6, 6.07) is 6.76. The van der Waals surface area contributed by atoms with Gasteiger partial charge in [-0.05, 0) is 30.3 Å². The van der Waals surface area contributed by atoms with Crippen LogP contribution < -0.4 is 10.6 Å². The van der Waals surface area contributed by atoms with E-state index in [1.54, 1.807) is 0 Å². The van der Waals surface area contributed by atoms with Gasteiger partial charge in [-0.1, -0.05) is 12.1 Å². The third kappa shape index (κ3) is 5.00. The Morgan fingerprint density at radius 1 is 0.880 bits per heavy atom. The van der Waals surface area contributed by atoms with Gasteiger partial charge in [-0.15, -0.1) is 0 Å². The van der Waals surface area contributed by atoms with E-state index in [-0.39, 0.29) is 5.69 Å². The van der Waals surface area contributed by atoms with Gasteiger partial charge in [0.15, 0.2) is 0 Å². The van der Waals surface area contributed by atoms with E-state index in [1.165, 1.54) is 6.07 Å². The molecule has 0 aromatic heterocycles. The molecule has 0 atom stereocenters. The molecule has 2 rings (SSSR count). The van der Waals surface area contributed by atoms with Crippen molar-refractivity contribution in [3.63, 3.8) is 0 Å². The molecule has 0 fully saturated rings. The normalized spacial score (nSPS) is 11.1. The van der Waals surface area contributed by atoms with Crippen LogP contribution >= 0.6 is 0 Å². The number of alkyl halides is 3. The number of rotatable bonds is 4. The van der Waals surface area contributed by atoms with E-state index in [9.17, 15) is 31.5 Å². The molecule has 132 valence electrons. The van der Waals surface area contributed by atoms with E-state index in [1.807, 2.05) is 5.32 Å². The molecule has 0 aliphatic rings. The van der Waals surface area contributed by atoms with Crippen LogP contribution in [0.1, 0.15) is 12.0 Å². The van der Waals surface area contributed by atoms with Crippen LogP contribution in [0.4, 0.5) is 33.3 Å². The van der Waals surface area contributed by atoms with Crippen LogP contribution in [0.5, 0.6) is 0 Å². The largest absolute Gasteiger partial charge is 0.416 e. The van der Waals surface area contributed by atoms with Crippen molar-refractivity contribution in [3.05, 3.63) is 59.7 Å². The quantitative estimate of drug-likeness (QED) is 0.642. The summed E-state index contributed by atoms with van der Waals surface area (Å²) in [6.07, 6.45) is -5.41.